The average Bonchev–Trinajstić information content (AvgIpc) is 2.94. The lowest BCUT2D eigenvalue weighted by atomic mass is 10.2. The van der Waals surface area contributed by atoms with Gasteiger partial charge in [-0.05, 0) is 48.6 Å². The topological polar surface area (TPSA) is 81.1 Å². The molecule has 3 rings (SSSR count). The van der Waals surface area contributed by atoms with Gasteiger partial charge in [0.15, 0.2) is 0 Å². The van der Waals surface area contributed by atoms with E-state index in [9.17, 15) is 10.1 Å². The molecule has 0 fully saturated rings. The van der Waals surface area contributed by atoms with Gasteiger partial charge in [-0.1, -0.05) is 11.8 Å². The summed E-state index contributed by atoms with van der Waals surface area (Å²) < 4.78 is 10.9. The second-order valence-corrected chi connectivity index (χ2v) is 6.19. The van der Waals surface area contributed by atoms with Crippen molar-refractivity contribution in [3.05, 3.63) is 70.0 Å². The number of methoxy groups -OCH3 is 1. The lowest BCUT2D eigenvalue weighted by molar-refractivity contribution is -0.507. The standard InChI is InChI=1S/C21H19N3O4/c1-23(2)20-11-8-15(12-21(22-20)24(25)26)6-4-5-7-18-14-16-13-17(27-3)9-10-19(16)28-18/h5,7-14,21H,1-3H3/b7-5+. The Hall–Kier alpha value is -3.79. The monoisotopic (exact) mass is 377 g/mol. The number of hydrogen-bond donors (Lipinski definition) is 0. The Labute approximate surface area is 162 Å². The van der Waals surface area contributed by atoms with Crippen LogP contribution >= 0.6 is 0 Å². The highest BCUT2D eigenvalue weighted by Gasteiger charge is 2.19. The molecule has 0 bridgehead atoms. The van der Waals surface area contributed by atoms with Crippen LogP contribution in [0.15, 0.2) is 63.6 Å². The van der Waals surface area contributed by atoms with Gasteiger partial charge >= 0.3 is 6.17 Å². The maximum Gasteiger partial charge on any atom is 0.326 e. The van der Waals surface area contributed by atoms with Crippen molar-refractivity contribution in [1.82, 2.24) is 4.90 Å². The Morgan fingerprint density at radius 2 is 2.14 bits per heavy atom. The van der Waals surface area contributed by atoms with E-state index in [0.29, 0.717) is 17.2 Å². The van der Waals surface area contributed by atoms with E-state index in [-0.39, 0.29) is 0 Å². The van der Waals surface area contributed by atoms with Crippen molar-refractivity contribution in [3.8, 4) is 17.6 Å². The summed E-state index contributed by atoms with van der Waals surface area (Å²) in [6.07, 6.45) is 7.08. The van der Waals surface area contributed by atoms with Gasteiger partial charge in [0.25, 0.3) is 0 Å². The molecule has 28 heavy (non-hydrogen) atoms. The van der Waals surface area contributed by atoms with Crippen molar-refractivity contribution in [3.63, 3.8) is 0 Å². The predicted octanol–water partition coefficient (Wildman–Crippen LogP) is 3.52. The smallest absolute Gasteiger partial charge is 0.326 e. The number of likely N-dealkylation sites (N-methyl/N-ethyl adjacent to an activating group) is 1. The Kier molecular flexibility index (Phi) is 5.61. The van der Waals surface area contributed by atoms with E-state index < -0.39 is 11.1 Å². The molecule has 0 amide bonds. The Balaban J connectivity index is 1.77. The molecular weight excluding hydrogens is 358 g/mol. The molecule has 0 spiro atoms. The molecule has 0 aliphatic carbocycles. The summed E-state index contributed by atoms with van der Waals surface area (Å²) in [7, 11) is 5.18. The van der Waals surface area contributed by atoms with Gasteiger partial charge in [-0.25, -0.2) is 0 Å². The fourth-order valence-corrected chi connectivity index (χ4v) is 2.55. The highest BCUT2D eigenvalue weighted by atomic mass is 16.6. The minimum absolute atomic E-state index is 0.448. The molecule has 0 saturated heterocycles. The second-order valence-electron chi connectivity index (χ2n) is 6.19. The van der Waals surface area contributed by atoms with Gasteiger partial charge in [0.05, 0.1) is 12.0 Å². The van der Waals surface area contributed by atoms with Crippen LogP contribution in [0.25, 0.3) is 17.0 Å². The molecule has 1 atom stereocenters. The van der Waals surface area contributed by atoms with Crippen LogP contribution in [0.5, 0.6) is 5.75 Å². The van der Waals surface area contributed by atoms with Crippen LogP contribution < -0.4 is 4.74 Å². The SMILES string of the molecule is COc1ccc2oc(/C=C/C#CC3=CC([N+](=O)[O-])N=C(N(C)C)C=C3)cc2c1. The summed E-state index contributed by atoms with van der Waals surface area (Å²) in [5, 5.41) is 12.1. The zero-order valence-corrected chi connectivity index (χ0v) is 15.7. The van der Waals surface area contributed by atoms with E-state index in [1.807, 2.05) is 24.3 Å². The normalized spacial score (nSPS) is 16.2. The van der Waals surface area contributed by atoms with Crippen molar-refractivity contribution in [1.29, 1.82) is 0 Å². The van der Waals surface area contributed by atoms with Gasteiger partial charge in [0.1, 0.15) is 22.9 Å². The fourth-order valence-electron chi connectivity index (χ4n) is 2.55. The lowest BCUT2D eigenvalue weighted by Crippen LogP contribution is -2.24. The number of fused-ring (bicyclic) bond motifs is 1. The zero-order valence-electron chi connectivity index (χ0n) is 15.7. The van der Waals surface area contributed by atoms with Gasteiger partial charge < -0.3 is 14.1 Å². The van der Waals surface area contributed by atoms with E-state index in [2.05, 4.69) is 16.8 Å². The molecule has 1 aromatic heterocycles. The van der Waals surface area contributed by atoms with Crippen LogP contribution in [-0.4, -0.2) is 43.0 Å². The van der Waals surface area contributed by atoms with Crippen LogP contribution in [0, 0.1) is 22.0 Å². The number of furan rings is 1. The summed E-state index contributed by atoms with van der Waals surface area (Å²) in [5.41, 5.74) is 1.28. The van der Waals surface area contributed by atoms with Crippen LogP contribution in [0.2, 0.25) is 0 Å². The molecule has 1 aliphatic heterocycles. The molecule has 2 aromatic rings. The highest BCUT2D eigenvalue weighted by molar-refractivity contribution is 5.93. The molecule has 142 valence electrons. The van der Waals surface area contributed by atoms with Gasteiger partial charge in [-0.3, -0.25) is 10.1 Å². The summed E-state index contributed by atoms with van der Waals surface area (Å²) in [6.45, 7) is 0. The number of nitro groups is 1. The van der Waals surface area contributed by atoms with Gasteiger partial charge in [0, 0.05) is 31.1 Å². The minimum Gasteiger partial charge on any atom is -0.497 e. The lowest BCUT2D eigenvalue weighted by Gasteiger charge is -2.11. The van der Waals surface area contributed by atoms with Crippen molar-refractivity contribution < 1.29 is 14.1 Å². The van der Waals surface area contributed by atoms with Gasteiger partial charge in [-0.2, -0.15) is 4.99 Å². The largest absolute Gasteiger partial charge is 0.497 e. The maximum atomic E-state index is 11.2. The molecule has 0 saturated carbocycles. The number of nitrogens with zero attached hydrogens (tertiary/aromatic N) is 3. The van der Waals surface area contributed by atoms with Crippen molar-refractivity contribution >= 4 is 22.9 Å². The number of aliphatic imine (C=N–C) groups is 1. The highest BCUT2D eigenvalue weighted by Crippen LogP contribution is 2.24. The number of amidine groups is 1. The Morgan fingerprint density at radius 3 is 2.86 bits per heavy atom. The van der Waals surface area contributed by atoms with Crippen molar-refractivity contribution in [2.45, 2.75) is 6.17 Å². The van der Waals surface area contributed by atoms with Gasteiger partial charge in [-0.15, -0.1) is 0 Å². The molecule has 1 aliphatic rings. The molecular formula is C21H19N3O4. The molecule has 1 aromatic carbocycles. The van der Waals surface area contributed by atoms with Crippen molar-refractivity contribution in [2.24, 2.45) is 4.99 Å². The second kappa shape index (κ2) is 8.27. The molecule has 7 heteroatoms. The van der Waals surface area contributed by atoms with E-state index in [4.69, 9.17) is 9.15 Å². The van der Waals surface area contributed by atoms with E-state index in [0.717, 1.165) is 16.7 Å². The minimum atomic E-state index is -1.16. The number of hydrogen-bond acceptors (Lipinski definition) is 6. The van der Waals surface area contributed by atoms with E-state index in [1.54, 1.807) is 50.4 Å². The summed E-state index contributed by atoms with van der Waals surface area (Å²) >= 11 is 0. The van der Waals surface area contributed by atoms with Crippen LogP contribution in [0.3, 0.4) is 0 Å². The fraction of sp³-hybridized carbons (Fsp3) is 0.190. The molecule has 1 unspecified atom stereocenters. The summed E-state index contributed by atoms with van der Waals surface area (Å²) in [6, 6.07) is 7.46. The first kappa shape index (κ1) is 19.0. The Bertz CT molecular complexity index is 1080. The third kappa shape index (κ3) is 4.48. The van der Waals surface area contributed by atoms with E-state index in [1.165, 1.54) is 6.08 Å². The number of benzene rings is 1. The van der Waals surface area contributed by atoms with Crippen LogP contribution in [0.4, 0.5) is 0 Å². The molecule has 0 radical (unpaired) electrons. The first-order valence-corrected chi connectivity index (χ1v) is 8.50. The summed E-state index contributed by atoms with van der Waals surface area (Å²) in [5.74, 6) is 7.72. The molecule has 2 heterocycles. The predicted molar refractivity (Wildman–Crippen MR) is 109 cm³/mol. The maximum absolute atomic E-state index is 11.2. The van der Waals surface area contributed by atoms with Crippen LogP contribution in [0.1, 0.15) is 5.76 Å². The number of allylic oxidation sites excluding steroid dienone is 3. The average molecular weight is 377 g/mol. The zero-order chi connectivity index (χ0) is 20.1. The quantitative estimate of drug-likeness (QED) is 0.464. The number of rotatable bonds is 3. The van der Waals surface area contributed by atoms with Gasteiger partial charge in [0.2, 0.25) is 0 Å². The Morgan fingerprint density at radius 1 is 1.32 bits per heavy atom. The summed E-state index contributed by atoms with van der Waals surface area (Å²) in [4.78, 5) is 16.6. The third-order valence-electron chi connectivity index (χ3n) is 3.97. The number of ether oxygens (including phenoxy) is 1. The third-order valence-corrected chi connectivity index (χ3v) is 3.97. The first-order valence-electron chi connectivity index (χ1n) is 8.50. The van der Waals surface area contributed by atoms with Crippen molar-refractivity contribution in [2.75, 3.05) is 21.2 Å². The molecule has 7 nitrogen and oxygen atoms in total. The van der Waals surface area contributed by atoms with Crippen LogP contribution in [-0.2, 0) is 0 Å². The first-order chi connectivity index (χ1) is 13.5. The van der Waals surface area contributed by atoms with E-state index >= 15 is 0 Å². The molecule has 0 N–H and O–H groups in total.